The molecule has 4 heterocycles. The Balaban J connectivity index is 1.49. The zero-order valence-corrected chi connectivity index (χ0v) is 36.6. The predicted octanol–water partition coefficient (Wildman–Crippen LogP) is 5.95. The van der Waals surface area contributed by atoms with Gasteiger partial charge in [-0.2, -0.15) is 0 Å². The number of carbonyl (C=O) groups is 3. The molecule has 17 nitrogen and oxygen atoms in total. The third kappa shape index (κ3) is 14.5. The van der Waals surface area contributed by atoms with Crippen molar-refractivity contribution in [2.75, 3.05) is 35.1 Å². The summed E-state index contributed by atoms with van der Waals surface area (Å²) in [6.45, 7) is 7.35. The minimum absolute atomic E-state index is 0.0574. The summed E-state index contributed by atoms with van der Waals surface area (Å²) in [6.07, 6.45) is 8.71. The van der Waals surface area contributed by atoms with E-state index in [1.54, 1.807) is 45.4 Å². The van der Waals surface area contributed by atoms with Gasteiger partial charge in [-0.15, -0.1) is 0 Å². The lowest BCUT2D eigenvalue weighted by Crippen LogP contribution is -2.35. The molecule has 1 aliphatic heterocycles. The van der Waals surface area contributed by atoms with Crippen molar-refractivity contribution in [1.82, 2.24) is 19.9 Å². The minimum atomic E-state index is -1.28. The summed E-state index contributed by atoms with van der Waals surface area (Å²) < 4.78 is 40.2. The summed E-state index contributed by atoms with van der Waals surface area (Å²) in [7, 11) is 6.34. The number of aromatic nitrogens is 3. The second-order valence-electron chi connectivity index (χ2n) is 16.1. The first-order valence-electron chi connectivity index (χ1n) is 20.9. The average molecular weight is 857 g/mol. The zero-order valence-electron chi connectivity index (χ0n) is 36.6. The molecule has 0 saturated heterocycles. The first-order chi connectivity index (χ1) is 29.2. The van der Waals surface area contributed by atoms with Crippen LogP contribution in [0.2, 0.25) is 0 Å². The summed E-state index contributed by atoms with van der Waals surface area (Å²) >= 11 is 0. The molecule has 338 valence electrons. The van der Waals surface area contributed by atoms with Crippen molar-refractivity contribution in [3.05, 3.63) is 48.7 Å². The number of Topliss-reactive ketones (excluding diaryl/α,β-unsaturated/α-hetero) is 2. The molecule has 0 fully saturated rings. The van der Waals surface area contributed by atoms with Gasteiger partial charge in [-0.1, -0.05) is 39.8 Å². The molecule has 6 bridgehead atoms. The van der Waals surface area contributed by atoms with Gasteiger partial charge in [0.2, 0.25) is 17.7 Å². The van der Waals surface area contributed by atoms with E-state index >= 15 is 0 Å². The summed E-state index contributed by atoms with van der Waals surface area (Å²) in [5.41, 5.74) is 0.981. The quantitative estimate of drug-likeness (QED) is 0.118. The first-order valence-corrected chi connectivity index (χ1v) is 20.9. The molecule has 0 aliphatic carbocycles. The normalized spacial score (nSPS) is 24.4. The molecular weight excluding hydrogens is 792 g/mol. The van der Waals surface area contributed by atoms with Gasteiger partial charge in [0.25, 0.3) is 0 Å². The van der Waals surface area contributed by atoms with Crippen LogP contribution in [0, 0.1) is 23.7 Å². The second-order valence-corrected chi connectivity index (χ2v) is 16.1. The van der Waals surface area contributed by atoms with E-state index in [4.69, 9.17) is 32.2 Å². The molecule has 4 rings (SSSR count). The highest BCUT2D eigenvalue weighted by Gasteiger charge is 2.33. The van der Waals surface area contributed by atoms with Crippen molar-refractivity contribution in [2.45, 2.75) is 122 Å². The Labute approximate surface area is 357 Å². The van der Waals surface area contributed by atoms with Crippen LogP contribution >= 0.6 is 0 Å². The highest BCUT2D eigenvalue weighted by Crippen LogP contribution is 2.32. The largest absolute Gasteiger partial charge is 0.462 e. The van der Waals surface area contributed by atoms with Gasteiger partial charge in [-0.05, 0) is 49.8 Å². The number of fused-ring (bicyclic) bond motifs is 8. The van der Waals surface area contributed by atoms with Gasteiger partial charge in [-0.25, -0.2) is 15.0 Å². The van der Waals surface area contributed by atoms with Crippen molar-refractivity contribution in [2.24, 2.45) is 23.7 Å². The van der Waals surface area contributed by atoms with Gasteiger partial charge >= 0.3 is 5.97 Å². The molecule has 0 saturated carbocycles. The molecule has 0 amide bonds. The topological polar surface area (TPSA) is 230 Å². The fraction of sp³-hybridized carbons (Fsp3) is 0.636. The van der Waals surface area contributed by atoms with Crippen LogP contribution in [-0.4, -0.2) is 118 Å². The van der Waals surface area contributed by atoms with Crippen LogP contribution in [0.1, 0.15) is 103 Å². The molecule has 0 radical (unpaired) electrons. The van der Waals surface area contributed by atoms with Gasteiger partial charge in [0, 0.05) is 65.9 Å². The fourth-order valence-corrected chi connectivity index (χ4v) is 7.38. The molecule has 3 aromatic heterocycles. The maximum absolute atomic E-state index is 13.4. The fourth-order valence-electron chi connectivity index (χ4n) is 7.38. The molecule has 1 aliphatic rings. The van der Waals surface area contributed by atoms with E-state index in [1.807, 2.05) is 32.9 Å². The monoisotopic (exact) mass is 856 g/mol. The molecule has 10 atom stereocenters. The van der Waals surface area contributed by atoms with Crippen molar-refractivity contribution in [3.8, 4) is 23.2 Å². The molecule has 61 heavy (non-hydrogen) atoms. The van der Waals surface area contributed by atoms with E-state index < -0.39 is 42.7 Å². The Kier molecular flexibility index (Phi) is 19.5. The van der Waals surface area contributed by atoms with E-state index in [1.165, 1.54) is 25.9 Å². The van der Waals surface area contributed by atoms with Crippen molar-refractivity contribution in [3.63, 3.8) is 0 Å². The zero-order chi connectivity index (χ0) is 44.6. The molecule has 0 aromatic carbocycles. The van der Waals surface area contributed by atoms with Crippen LogP contribution in [0.5, 0.6) is 0 Å². The Morgan fingerprint density at radius 1 is 0.951 bits per heavy atom. The summed E-state index contributed by atoms with van der Waals surface area (Å²) in [5, 5.41) is 30.9. The summed E-state index contributed by atoms with van der Waals surface area (Å²) in [6, 6.07) is 0. The number of rotatable bonds is 15. The SMILES string of the molecule is COC(CC1OC(=O)CC(O)CC(O)CC(=O)C(C)C(OC)c2coc(n2)-c2coc(n2)-c2coc(n2)C=CCCC1C)C(C)CCC(=O)C(C)C(C/C=C/N(C)CO)OC. The smallest absolute Gasteiger partial charge is 0.308 e. The predicted molar refractivity (Wildman–Crippen MR) is 222 cm³/mol. The van der Waals surface area contributed by atoms with Crippen LogP contribution in [0.15, 0.2) is 50.4 Å². The molecule has 17 heteroatoms. The van der Waals surface area contributed by atoms with E-state index in [2.05, 4.69) is 15.0 Å². The molecule has 0 spiro atoms. The molecule has 3 aromatic rings. The number of hydrogen-bond acceptors (Lipinski definition) is 17. The molecule has 3 N–H and O–H groups in total. The van der Waals surface area contributed by atoms with E-state index in [0.717, 1.165) is 0 Å². The van der Waals surface area contributed by atoms with Crippen LogP contribution in [0.4, 0.5) is 0 Å². The van der Waals surface area contributed by atoms with Crippen molar-refractivity contribution in [1.29, 1.82) is 0 Å². The highest BCUT2D eigenvalue weighted by atomic mass is 16.5. The van der Waals surface area contributed by atoms with E-state index in [0.29, 0.717) is 61.5 Å². The van der Waals surface area contributed by atoms with Gasteiger partial charge in [0.05, 0.1) is 30.8 Å². The number of esters is 1. The number of hydrogen-bond donors (Lipinski definition) is 3. The third-order valence-corrected chi connectivity index (χ3v) is 11.4. The Morgan fingerprint density at radius 2 is 1.62 bits per heavy atom. The number of aliphatic hydroxyl groups excluding tert-OH is 3. The number of carbonyl (C=O) groups excluding carboxylic acids is 3. The standard InChI is InChI=1S/C44H64N4O13/c1-26-12-9-10-14-40-45-33(23-58-40)43-47-34(24-60-43)44-46-32(22-59-44)42(57-8)29(4)36(53)19-30(50)18-31(51)20-41(54)61-39(26)21-38(56-7)27(2)15-16-35(52)28(3)37(55-6)13-11-17-48(5)25-49/h10-11,14,17,22-24,26-31,37-39,42,49-51H,9,12-13,15-16,18-21,25H2,1-8H3/b14-10?,17-11+. The number of nitrogens with zero attached hydrogens (tertiary/aromatic N) is 4. The Hall–Kier alpha value is -4.52. The van der Waals surface area contributed by atoms with E-state index in [-0.39, 0.29) is 72.9 Å². The van der Waals surface area contributed by atoms with Crippen LogP contribution in [0.3, 0.4) is 0 Å². The third-order valence-electron chi connectivity index (χ3n) is 11.4. The lowest BCUT2D eigenvalue weighted by atomic mass is 9.86. The number of allylic oxidation sites excluding steroid dienone is 1. The maximum Gasteiger partial charge on any atom is 0.308 e. The second kappa shape index (κ2) is 24.2. The number of cyclic esters (lactones) is 1. The maximum atomic E-state index is 13.4. The summed E-state index contributed by atoms with van der Waals surface area (Å²) in [5.74, 6) is -1.65. The number of ether oxygens (including phenoxy) is 4. The van der Waals surface area contributed by atoms with Gasteiger partial charge in [0.1, 0.15) is 55.0 Å². The Morgan fingerprint density at radius 3 is 2.33 bits per heavy atom. The van der Waals surface area contributed by atoms with Gasteiger partial charge in [-0.3, -0.25) is 14.4 Å². The molecular formula is C44H64N4O13. The van der Waals surface area contributed by atoms with Gasteiger partial charge < -0.3 is 52.4 Å². The number of aliphatic hydroxyl groups is 3. The first kappa shape index (κ1) is 49.1. The van der Waals surface area contributed by atoms with Crippen LogP contribution in [0.25, 0.3) is 29.2 Å². The summed E-state index contributed by atoms with van der Waals surface area (Å²) in [4.78, 5) is 55.0. The number of oxazole rings is 3. The van der Waals surface area contributed by atoms with Gasteiger partial charge in [0.15, 0.2) is 11.4 Å². The Bertz CT molecular complexity index is 1870. The number of ketones is 2. The van der Waals surface area contributed by atoms with Crippen molar-refractivity contribution >= 4 is 23.6 Å². The van der Waals surface area contributed by atoms with E-state index in [9.17, 15) is 29.7 Å². The van der Waals surface area contributed by atoms with Crippen LogP contribution < -0.4 is 0 Å². The number of methoxy groups -OCH3 is 3. The average Bonchev–Trinajstić information content (AvgIpc) is 4.03. The lowest BCUT2D eigenvalue weighted by molar-refractivity contribution is -0.157. The minimum Gasteiger partial charge on any atom is -0.462 e. The molecule has 10 unspecified atom stereocenters. The lowest BCUT2D eigenvalue weighted by Gasteiger charge is -2.31. The van der Waals surface area contributed by atoms with Crippen molar-refractivity contribution < 1.29 is 61.9 Å². The van der Waals surface area contributed by atoms with Crippen LogP contribution in [-0.2, 0) is 33.3 Å². The highest BCUT2D eigenvalue weighted by molar-refractivity contribution is 5.82.